The molecule has 0 bridgehead atoms. The summed E-state index contributed by atoms with van der Waals surface area (Å²) in [5.74, 6) is -1.09. The molecule has 164 valence electrons. The number of amides is 1. The molecule has 1 aromatic heterocycles. The molecule has 1 unspecified atom stereocenters. The number of anilines is 1. The van der Waals surface area contributed by atoms with Gasteiger partial charge in [-0.15, -0.1) is 0 Å². The van der Waals surface area contributed by atoms with Gasteiger partial charge in [-0.05, 0) is 39.3 Å². The smallest absolute Gasteiger partial charge is 0.444 e. The van der Waals surface area contributed by atoms with Crippen molar-refractivity contribution in [2.75, 3.05) is 25.0 Å². The molecule has 2 aliphatic rings. The number of ether oxygens (including phenoxy) is 2. The van der Waals surface area contributed by atoms with Gasteiger partial charge in [0.25, 0.3) is 0 Å². The molecular formula is C20H25F3N4O3. The van der Waals surface area contributed by atoms with Gasteiger partial charge in [-0.1, -0.05) is 12.2 Å². The summed E-state index contributed by atoms with van der Waals surface area (Å²) in [5, 5.41) is 2.87. The fourth-order valence-electron chi connectivity index (χ4n) is 3.14. The Bertz CT molecular complexity index is 833. The van der Waals surface area contributed by atoms with Crippen LogP contribution in [0.2, 0.25) is 0 Å². The minimum absolute atomic E-state index is 0.0388. The molecule has 1 fully saturated rings. The number of carbonyl (C=O) groups excluding carboxylic acids is 1. The van der Waals surface area contributed by atoms with Crippen molar-refractivity contribution < 1.29 is 27.4 Å². The van der Waals surface area contributed by atoms with Crippen LogP contribution in [0.4, 0.5) is 23.8 Å². The number of carbonyl (C=O) groups is 1. The van der Waals surface area contributed by atoms with Gasteiger partial charge in [-0.2, -0.15) is 13.2 Å². The predicted octanol–water partition coefficient (Wildman–Crippen LogP) is 4.00. The molecule has 10 heteroatoms. The predicted molar refractivity (Wildman–Crippen MR) is 104 cm³/mol. The van der Waals surface area contributed by atoms with Gasteiger partial charge in [-0.25, -0.2) is 14.8 Å². The zero-order valence-electron chi connectivity index (χ0n) is 17.1. The number of rotatable bonds is 3. The molecular weight excluding hydrogens is 401 g/mol. The minimum atomic E-state index is -4.60. The Labute approximate surface area is 173 Å². The van der Waals surface area contributed by atoms with E-state index in [9.17, 15) is 18.0 Å². The van der Waals surface area contributed by atoms with Gasteiger partial charge in [0.15, 0.2) is 0 Å². The average Bonchev–Trinajstić information content (AvgIpc) is 2.67. The second kappa shape index (κ2) is 8.63. The molecule has 0 spiro atoms. The second-order valence-corrected chi connectivity index (χ2v) is 8.14. The number of allylic oxidation sites excluding steroid dienone is 2. The summed E-state index contributed by atoms with van der Waals surface area (Å²) < 4.78 is 49.5. The Balaban J connectivity index is 1.57. The Morgan fingerprint density at radius 3 is 2.73 bits per heavy atom. The molecule has 2 heterocycles. The highest BCUT2D eigenvalue weighted by atomic mass is 19.4. The maximum atomic E-state index is 12.8. The quantitative estimate of drug-likeness (QED) is 0.787. The SMILES string of the molecule is CC(C)(C)OC(=O)N1CCO[C@H](C2C=CC(Nc3ccnc(C(F)(F)F)n3)=CC2)C1. The number of hydrogen-bond acceptors (Lipinski definition) is 6. The molecule has 7 nitrogen and oxygen atoms in total. The lowest BCUT2D eigenvalue weighted by Gasteiger charge is -2.37. The molecule has 0 saturated carbocycles. The van der Waals surface area contributed by atoms with E-state index in [1.165, 1.54) is 6.07 Å². The summed E-state index contributed by atoms with van der Waals surface area (Å²) in [7, 11) is 0. The van der Waals surface area contributed by atoms with E-state index >= 15 is 0 Å². The summed E-state index contributed by atoms with van der Waals surface area (Å²) in [6.45, 7) is 6.77. The van der Waals surface area contributed by atoms with Gasteiger partial charge in [0, 0.05) is 24.4 Å². The van der Waals surface area contributed by atoms with Crippen LogP contribution in [-0.2, 0) is 15.7 Å². The molecule has 30 heavy (non-hydrogen) atoms. The van der Waals surface area contributed by atoms with E-state index in [4.69, 9.17) is 9.47 Å². The van der Waals surface area contributed by atoms with Crippen LogP contribution in [-0.4, -0.2) is 52.4 Å². The minimum Gasteiger partial charge on any atom is -0.444 e. The Morgan fingerprint density at radius 2 is 2.10 bits per heavy atom. The fraction of sp³-hybridized carbons (Fsp3) is 0.550. The van der Waals surface area contributed by atoms with Crippen molar-refractivity contribution in [2.45, 2.75) is 45.1 Å². The van der Waals surface area contributed by atoms with E-state index < -0.39 is 17.6 Å². The zero-order valence-corrected chi connectivity index (χ0v) is 17.1. The summed E-state index contributed by atoms with van der Waals surface area (Å²) in [4.78, 5) is 20.7. The molecule has 0 radical (unpaired) electrons. The zero-order chi connectivity index (χ0) is 21.9. The number of nitrogens with one attached hydrogen (secondary N) is 1. The molecule has 2 atom stereocenters. The third-order valence-electron chi connectivity index (χ3n) is 4.54. The number of halogens is 3. The summed E-state index contributed by atoms with van der Waals surface area (Å²) in [5.41, 5.74) is 0.0733. The fourth-order valence-corrected chi connectivity index (χ4v) is 3.14. The highest BCUT2D eigenvalue weighted by molar-refractivity contribution is 5.68. The van der Waals surface area contributed by atoms with Gasteiger partial charge < -0.3 is 19.7 Å². The number of morpholine rings is 1. The first-order valence-corrected chi connectivity index (χ1v) is 9.66. The average molecular weight is 426 g/mol. The molecule has 1 amide bonds. The highest BCUT2D eigenvalue weighted by Crippen LogP contribution is 2.28. The van der Waals surface area contributed by atoms with Crippen LogP contribution in [0.1, 0.15) is 33.0 Å². The number of aromatic nitrogens is 2. The Kier molecular flexibility index (Phi) is 6.35. The van der Waals surface area contributed by atoms with Gasteiger partial charge in [0.2, 0.25) is 5.82 Å². The lowest BCUT2D eigenvalue weighted by molar-refractivity contribution is -0.144. The molecule has 1 saturated heterocycles. The third kappa shape index (κ3) is 5.94. The van der Waals surface area contributed by atoms with Crippen molar-refractivity contribution in [1.29, 1.82) is 0 Å². The van der Waals surface area contributed by atoms with E-state index in [1.54, 1.807) is 11.0 Å². The Morgan fingerprint density at radius 1 is 1.33 bits per heavy atom. The summed E-state index contributed by atoms with van der Waals surface area (Å²) >= 11 is 0. The van der Waals surface area contributed by atoms with Gasteiger partial charge >= 0.3 is 12.3 Å². The molecule has 0 aromatic carbocycles. The molecule has 1 N–H and O–H groups in total. The van der Waals surface area contributed by atoms with Crippen LogP contribution in [0.3, 0.4) is 0 Å². The summed E-state index contributed by atoms with van der Waals surface area (Å²) in [6.07, 6.45) is 2.11. The standard InChI is InChI=1S/C20H25F3N4O3/c1-19(2,3)30-18(28)27-10-11-29-15(12-27)13-4-6-14(7-5-13)25-16-8-9-24-17(26-16)20(21,22)23/h4,6-9,13,15H,5,10-12H2,1-3H3,(H,24,25,26)/t13?,15-/m0/s1. The topological polar surface area (TPSA) is 76.6 Å². The number of nitrogens with zero attached hydrogens (tertiary/aromatic N) is 3. The van der Waals surface area contributed by atoms with Crippen molar-refractivity contribution >= 4 is 11.9 Å². The molecule has 1 aliphatic carbocycles. The van der Waals surface area contributed by atoms with E-state index in [-0.39, 0.29) is 23.9 Å². The van der Waals surface area contributed by atoms with Crippen molar-refractivity contribution in [3.63, 3.8) is 0 Å². The van der Waals surface area contributed by atoms with Gasteiger partial charge in [-0.3, -0.25) is 0 Å². The Hall–Kier alpha value is -2.62. The molecule has 1 aromatic rings. The van der Waals surface area contributed by atoms with Crippen LogP contribution < -0.4 is 5.32 Å². The molecule has 3 rings (SSSR count). The maximum absolute atomic E-state index is 12.8. The summed E-state index contributed by atoms with van der Waals surface area (Å²) in [6, 6.07) is 1.37. The van der Waals surface area contributed by atoms with Crippen LogP contribution >= 0.6 is 0 Å². The maximum Gasteiger partial charge on any atom is 0.451 e. The van der Waals surface area contributed by atoms with Gasteiger partial charge in [0.05, 0.1) is 19.3 Å². The van der Waals surface area contributed by atoms with Crippen LogP contribution in [0.25, 0.3) is 0 Å². The van der Waals surface area contributed by atoms with Crippen LogP contribution in [0.15, 0.2) is 36.2 Å². The van der Waals surface area contributed by atoms with Crippen LogP contribution in [0, 0.1) is 5.92 Å². The largest absolute Gasteiger partial charge is 0.451 e. The number of hydrogen-bond donors (Lipinski definition) is 1. The highest BCUT2D eigenvalue weighted by Gasteiger charge is 2.35. The lowest BCUT2D eigenvalue weighted by Crippen LogP contribution is -2.49. The van der Waals surface area contributed by atoms with Crippen molar-refractivity contribution in [1.82, 2.24) is 14.9 Å². The normalized spacial score (nSPS) is 22.5. The monoisotopic (exact) mass is 426 g/mol. The third-order valence-corrected chi connectivity index (χ3v) is 4.54. The van der Waals surface area contributed by atoms with E-state index in [1.807, 2.05) is 32.9 Å². The van der Waals surface area contributed by atoms with Crippen molar-refractivity contribution in [3.8, 4) is 0 Å². The first-order chi connectivity index (χ1) is 14.0. The van der Waals surface area contributed by atoms with E-state index in [0.717, 1.165) is 6.20 Å². The van der Waals surface area contributed by atoms with Gasteiger partial charge in [0.1, 0.15) is 11.4 Å². The van der Waals surface area contributed by atoms with Crippen molar-refractivity contribution in [2.24, 2.45) is 5.92 Å². The molecule has 1 aliphatic heterocycles. The first-order valence-electron chi connectivity index (χ1n) is 9.66. The van der Waals surface area contributed by atoms with E-state index in [0.29, 0.717) is 31.8 Å². The lowest BCUT2D eigenvalue weighted by atomic mass is 9.92. The second-order valence-electron chi connectivity index (χ2n) is 8.14. The van der Waals surface area contributed by atoms with Crippen molar-refractivity contribution in [3.05, 3.63) is 42.0 Å². The van der Waals surface area contributed by atoms with Crippen LogP contribution in [0.5, 0.6) is 0 Å². The van der Waals surface area contributed by atoms with E-state index in [2.05, 4.69) is 15.3 Å². The first kappa shape index (κ1) is 22.1. The number of alkyl halides is 3.